The van der Waals surface area contributed by atoms with Crippen molar-refractivity contribution >= 4 is 5.78 Å². The second-order valence-corrected chi connectivity index (χ2v) is 6.60. The van der Waals surface area contributed by atoms with Crippen molar-refractivity contribution in [3.05, 3.63) is 33.9 Å². The van der Waals surface area contributed by atoms with Crippen LogP contribution in [0.4, 0.5) is 0 Å². The van der Waals surface area contributed by atoms with E-state index in [-0.39, 0.29) is 11.2 Å². The molecule has 108 valence electrons. The topological polar surface area (TPSA) is 63.3 Å². The number of fused-ring (bicyclic) bond motifs is 1. The Labute approximate surface area is 120 Å². The van der Waals surface area contributed by atoms with Crippen molar-refractivity contribution in [1.29, 1.82) is 0 Å². The summed E-state index contributed by atoms with van der Waals surface area (Å²) in [6.07, 6.45) is 5.63. The Morgan fingerprint density at radius 3 is 2.55 bits per heavy atom. The zero-order chi connectivity index (χ0) is 14.7. The van der Waals surface area contributed by atoms with Crippen molar-refractivity contribution in [2.75, 3.05) is 6.54 Å². The Hall–Kier alpha value is -1.19. The van der Waals surface area contributed by atoms with Crippen molar-refractivity contribution in [3.8, 4) is 0 Å². The summed E-state index contributed by atoms with van der Waals surface area (Å²) >= 11 is 0. The minimum atomic E-state index is -1.24. The molecular weight excluding hydrogens is 250 g/mol. The van der Waals surface area contributed by atoms with Crippen LogP contribution in [-0.2, 0) is 4.79 Å². The van der Waals surface area contributed by atoms with E-state index in [1.807, 2.05) is 6.08 Å². The van der Waals surface area contributed by atoms with Crippen LogP contribution in [0.25, 0.3) is 0 Å². The van der Waals surface area contributed by atoms with Gasteiger partial charge in [0, 0.05) is 11.0 Å². The molecule has 0 amide bonds. The quantitative estimate of drug-likeness (QED) is 0.830. The smallest absolute Gasteiger partial charge is 0.195 e. The van der Waals surface area contributed by atoms with E-state index >= 15 is 0 Å². The van der Waals surface area contributed by atoms with Gasteiger partial charge in [0.1, 0.15) is 5.60 Å². The molecule has 0 bridgehead atoms. The number of ketones is 1. The van der Waals surface area contributed by atoms with E-state index in [0.717, 1.165) is 42.4 Å². The van der Waals surface area contributed by atoms with Gasteiger partial charge in [0.05, 0.1) is 0 Å². The molecule has 0 unspecified atom stereocenters. The Morgan fingerprint density at radius 2 is 2.00 bits per heavy atom. The van der Waals surface area contributed by atoms with Gasteiger partial charge in [0.25, 0.3) is 0 Å². The number of rotatable bonds is 3. The normalized spacial score (nSPS) is 31.1. The average Bonchev–Trinajstić information content (AvgIpc) is 3.14. The van der Waals surface area contributed by atoms with Gasteiger partial charge in [-0.1, -0.05) is 5.57 Å². The van der Waals surface area contributed by atoms with Crippen LogP contribution in [-0.4, -0.2) is 23.0 Å². The van der Waals surface area contributed by atoms with Gasteiger partial charge in [0.15, 0.2) is 5.78 Å². The molecular formula is C17H23NO2. The van der Waals surface area contributed by atoms with Crippen molar-refractivity contribution in [1.82, 2.24) is 0 Å². The Balaban J connectivity index is 2.13. The molecule has 0 heterocycles. The van der Waals surface area contributed by atoms with Gasteiger partial charge in [-0.05, 0) is 75.8 Å². The van der Waals surface area contributed by atoms with Crippen molar-refractivity contribution in [3.63, 3.8) is 0 Å². The lowest BCUT2D eigenvalue weighted by molar-refractivity contribution is -0.137. The van der Waals surface area contributed by atoms with E-state index in [0.29, 0.717) is 6.54 Å². The molecule has 0 aromatic rings. The van der Waals surface area contributed by atoms with E-state index in [1.165, 1.54) is 11.1 Å². The molecule has 1 spiro atoms. The van der Waals surface area contributed by atoms with Crippen LogP contribution < -0.4 is 5.73 Å². The molecule has 1 fully saturated rings. The molecule has 1 saturated carbocycles. The number of nitrogens with two attached hydrogens (primary N) is 1. The fourth-order valence-corrected chi connectivity index (χ4v) is 4.01. The zero-order valence-corrected chi connectivity index (χ0v) is 12.5. The summed E-state index contributed by atoms with van der Waals surface area (Å²) in [6, 6.07) is 0. The highest BCUT2D eigenvalue weighted by Crippen LogP contribution is 2.65. The standard InChI is InChI=1S/C17H23NO2/c1-10-9-13-14(12(10)5-4-8-18)11(2)17(6-7-17)16(3,20)15(13)19/h9,20H,4-8,18H2,1-3H3/t16-/m0/s1. The van der Waals surface area contributed by atoms with Gasteiger partial charge in [-0.15, -0.1) is 0 Å². The molecule has 0 saturated heterocycles. The molecule has 3 aliphatic rings. The molecule has 3 nitrogen and oxygen atoms in total. The maximum Gasteiger partial charge on any atom is 0.195 e. The van der Waals surface area contributed by atoms with Crippen LogP contribution in [0.2, 0.25) is 0 Å². The lowest BCUT2D eigenvalue weighted by Gasteiger charge is -2.39. The van der Waals surface area contributed by atoms with Crippen LogP contribution in [0, 0.1) is 5.41 Å². The summed E-state index contributed by atoms with van der Waals surface area (Å²) < 4.78 is 0. The molecule has 20 heavy (non-hydrogen) atoms. The Bertz CT molecular complexity index is 586. The summed E-state index contributed by atoms with van der Waals surface area (Å²) in [6.45, 7) is 6.50. The lowest BCUT2D eigenvalue weighted by atomic mass is 9.67. The summed E-state index contributed by atoms with van der Waals surface area (Å²) in [4.78, 5) is 12.7. The summed E-state index contributed by atoms with van der Waals surface area (Å²) in [7, 11) is 0. The van der Waals surface area contributed by atoms with E-state index in [2.05, 4.69) is 13.8 Å². The van der Waals surface area contributed by atoms with Gasteiger partial charge >= 0.3 is 0 Å². The van der Waals surface area contributed by atoms with Gasteiger partial charge in [-0.25, -0.2) is 0 Å². The lowest BCUT2D eigenvalue weighted by Crippen LogP contribution is -2.49. The van der Waals surface area contributed by atoms with Crippen LogP contribution in [0.3, 0.4) is 0 Å². The predicted molar refractivity (Wildman–Crippen MR) is 79.1 cm³/mol. The first-order valence-electron chi connectivity index (χ1n) is 7.47. The molecule has 3 aliphatic carbocycles. The first kappa shape index (κ1) is 13.8. The van der Waals surface area contributed by atoms with Crippen LogP contribution in [0.5, 0.6) is 0 Å². The third-order valence-corrected chi connectivity index (χ3v) is 5.50. The number of allylic oxidation sites excluding steroid dienone is 4. The zero-order valence-electron chi connectivity index (χ0n) is 12.5. The maximum atomic E-state index is 12.7. The number of aliphatic hydroxyl groups is 1. The molecule has 3 rings (SSSR count). The molecule has 0 aromatic carbocycles. The van der Waals surface area contributed by atoms with Crippen LogP contribution >= 0.6 is 0 Å². The largest absolute Gasteiger partial charge is 0.381 e. The van der Waals surface area contributed by atoms with Crippen molar-refractivity contribution in [2.45, 2.75) is 52.1 Å². The second-order valence-electron chi connectivity index (χ2n) is 6.60. The SMILES string of the molecule is CC1=C(CCCN)C2=C(C)C3(CC3)[C@@](C)(O)C(=O)C2=C1. The van der Waals surface area contributed by atoms with Crippen molar-refractivity contribution < 1.29 is 9.90 Å². The molecule has 0 radical (unpaired) electrons. The Kier molecular flexibility index (Phi) is 2.86. The van der Waals surface area contributed by atoms with Crippen LogP contribution in [0.1, 0.15) is 46.5 Å². The van der Waals surface area contributed by atoms with Gasteiger partial charge in [0.2, 0.25) is 0 Å². The molecule has 3 heteroatoms. The first-order valence-corrected chi connectivity index (χ1v) is 7.47. The molecule has 0 aromatic heterocycles. The highest BCUT2D eigenvalue weighted by atomic mass is 16.3. The molecule has 0 aliphatic heterocycles. The number of Topliss-reactive ketones (excluding diaryl/α,β-unsaturated/α-hetero) is 1. The molecule has 1 atom stereocenters. The number of carbonyl (C=O) groups excluding carboxylic acids is 1. The third-order valence-electron chi connectivity index (χ3n) is 5.50. The van der Waals surface area contributed by atoms with Gasteiger partial charge < -0.3 is 10.8 Å². The average molecular weight is 273 g/mol. The third kappa shape index (κ3) is 1.51. The highest BCUT2D eigenvalue weighted by molar-refractivity contribution is 6.10. The Morgan fingerprint density at radius 1 is 1.35 bits per heavy atom. The monoisotopic (exact) mass is 273 g/mol. The molecule has 3 N–H and O–H groups in total. The second kappa shape index (κ2) is 4.15. The van der Waals surface area contributed by atoms with E-state index < -0.39 is 5.60 Å². The fourth-order valence-electron chi connectivity index (χ4n) is 4.01. The summed E-state index contributed by atoms with van der Waals surface area (Å²) in [5, 5.41) is 10.7. The minimum absolute atomic E-state index is 0.0994. The maximum absolute atomic E-state index is 12.7. The summed E-state index contributed by atoms with van der Waals surface area (Å²) in [5.74, 6) is -0.0994. The van der Waals surface area contributed by atoms with Crippen LogP contribution in [0.15, 0.2) is 33.9 Å². The summed E-state index contributed by atoms with van der Waals surface area (Å²) in [5.41, 5.74) is 9.54. The number of hydrogen-bond acceptors (Lipinski definition) is 3. The number of carbonyl (C=O) groups is 1. The first-order chi connectivity index (χ1) is 9.37. The van der Waals surface area contributed by atoms with E-state index in [9.17, 15) is 9.90 Å². The highest BCUT2D eigenvalue weighted by Gasteiger charge is 2.64. The predicted octanol–water partition coefficient (Wildman–Crippen LogP) is 2.41. The van der Waals surface area contributed by atoms with E-state index in [4.69, 9.17) is 5.73 Å². The minimum Gasteiger partial charge on any atom is -0.381 e. The van der Waals surface area contributed by atoms with E-state index in [1.54, 1.807) is 6.92 Å². The fraction of sp³-hybridized carbons (Fsp3) is 0.588. The van der Waals surface area contributed by atoms with Crippen molar-refractivity contribution in [2.24, 2.45) is 11.1 Å². The van der Waals surface area contributed by atoms with Gasteiger partial charge in [-0.3, -0.25) is 4.79 Å². The van der Waals surface area contributed by atoms with Gasteiger partial charge in [-0.2, -0.15) is 0 Å². The number of hydrogen-bond donors (Lipinski definition) is 2.